The summed E-state index contributed by atoms with van der Waals surface area (Å²) in [6, 6.07) is 18.4. The van der Waals surface area contributed by atoms with Crippen LogP contribution in [0.2, 0.25) is 5.02 Å². The zero-order valence-corrected chi connectivity index (χ0v) is 16.6. The molecule has 2 aromatic rings. The molecule has 0 radical (unpaired) electrons. The van der Waals surface area contributed by atoms with Gasteiger partial charge in [-0.3, -0.25) is 0 Å². The van der Waals surface area contributed by atoms with Crippen LogP contribution in [0.3, 0.4) is 0 Å². The van der Waals surface area contributed by atoms with E-state index in [0.717, 1.165) is 37.1 Å². The Balaban J connectivity index is 1.97. The molecule has 0 bridgehead atoms. The average Bonchev–Trinajstić information content (AvgIpc) is 2.62. The second-order valence-corrected chi connectivity index (χ2v) is 8.32. The van der Waals surface area contributed by atoms with Crippen molar-refractivity contribution < 1.29 is 5.11 Å². The summed E-state index contributed by atoms with van der Waals surface area (Å²) in [4.78, 5) is 2.27. The minimum absolute atomic E-state index is 0.237. The van der Waals surface area contributed by atoms with Gasteiger partial charge in [0.25, 0.3) is 0 Å². The molecule has 3 heteroatoms. The molecule has 0 aliphatic carbocycles. The Morgan fingerprint density at radius 3 is 2.50 bits per heavy atom. The number of unbranched alkanes of at least 4 members (excludes halogenated alkanes) is 1. The third-order valence-electron chi connectivity index (χ3n) is 3.96. The van der Waals surface area contributed by atoms with Crippen LogP contribution in [0.1, 0.15) is 38.2 Å². The first-order valence-electron chi connectivity index (χ1n) is 8.52. The van der Waals surface area contributed by atoms with Gasteiger partial charge in [0.15, 0.2) is 0 Å². The Morgan fingerprint density at radius 2 is 1.83 bits per heavy atom. The quantitative estimate of drug-likeness (QED) is 0.595. The molecule has 128 valence electrons. The standard InChI is InChI=1S/C21H25ClOSe/c1-2-3-9-18(16-24-20-13-11-19(22)12-14-20)21(23)15-10-17-7-5-4-6-8-17/h4-8,11-14,16,21,23H,2-3,9-10,15H2,1H3/b18-16-. The van der Waals surface area contributed by atoms with Gasteiger partial charge in [0.1, 0.15) is 0 Å². The topological polar surface area (TPSA) is 20.2 Å². The molecule has 2 aromatic carbocycles. The summed E-state index contributed by atoms with van der Waals surface area (Å²) in [5, 5.41) is 11.4. The van der Waals surface area contributed by atoms with Crippen molar-refractivity contribution >= 4 is 31.0 Å². The summed E-state index contributed by atoms with van der Waals surface area (Å²) in [5.41, 5.74) is 2.48. The molecule has 1 nitrogen and oxygen atoms in total. The van der Waals surface area contributed by atoms with Crippen LogP contribution in [0.4, 0.5) is 0 Å². The van der Waals surface area contributed by atoms with Gasteiger partial charge in [-0.05, 0) is 0 Å². The molecule has 0 aromatic heterocycles. The fourth-order valence-corrected chi connectivity index (χ4v) is 4.40. The molecule has 0 saturated carbocycles. The van der Waals surface area contributed by atoms with Crippen LogP contribution in [-0.4, -0.2) is 26.2 Å². The first-order chi connectivity index (χ1) is 11.7. The van der Waals surface area contributed by atoms with Gasteiger partial charge in [0.2, 0.25) is 0 Å². The van der Waals surface area contributed by atoms with Crippen LogP contribution < -0.4 is 4.46 Å². The van der Waals surface area contributed by atoms with Crippen molar-refractivity contribution in [2.75, 3.05) is 0 Å². The number of rotatable bonds is 9. The van der Waals surface area contributed by atoms with E-state index in [0.29, 0.717) is 0 Å². The predicted molar refractivity (Wildman–Crippen MR) is 105 cm³/mol. The van der Waals surface area contributed by atoms with E-state index in [1.165, 1.54) is 15.6 Å². The summed E-state index contributed by atoms with van der Waals surface area (Å²) >= 11 is 6.18. The summed E-state index contributed by atoms with van der Waals surface area (Å²) in [6.45, 7) is 2.19. The molecule has 0 amide bonds. The van der Waals surface area contributed by atoms with Crippen molar-refractivity contribution in [2.45, 2.75) is 45.1 Å². The van der Waals surface area contributed by atoms with Crippen molar-refractivity contribution in [3.8, 4) is 0 Å². The maximum absolute atomic E-state index is 10.6. The molecule has 0 spiro atoms. The first-order valence-corrected chi connectivity index (χ1v) is 10.7. The maximum atomic E-state index is 10.6. The van der Waals surface area contributed by atoms with Crippen LogP contribution in [0.15, 0.2) is 65.1 Å². The fourth-order valence-electron chi connectivity index (χ4n) is 2.48. The number of aliphatic hydroxyl groups excluding tert-OH is 1. The summed E-state index contributed by atoms with van der Waals surface area (Å²) < 4.78 is 1.29. The van der Waals surface area contributed by atoms with Crippen molar-refractivity contribution in [3.05, 3.63) is 75.7 Å². The van der Waals surface area contributed by atoms with Gasteiger partial charge in [-0.1, -0.05) is 0 Å². The Hall–Kier alpha value is -1.05. The van der Waals surface area contributed by atoms with Crippen molar-refractivity contribution in [3.63, 3.8) is 0 Å². The van der Waals surface area contributed by atoms with Gasteiger partial charge in [0, 0.05) is 0 Å². The van der Waals surface area contributed by atoms with Gasteiger partial charge in [-0.2, -0.15) is 0 Å². The van der Waals surface area contributed by atoms with Crippen molar-refractivity contribution in [2.24, 2.45) is 0 Å². The van der Waals surface area contributed by atoms with Gasteiger partial charge >= 0.3 is 157 Å². The van der Waals surface area contributed by atoms with E-state index in [4.69, 9.17) is 11.6 Å². The zero-order chi connectivity index (χ0) is 17.2. The number of halogens is 1. The first kappa shape index (κ1) is 19.3. The predicted octanol–water partition coefficient (Wildman–Crippen LogP) is 4.74. The number of aryl methyl sites for hydroxylation is 1. The molecule has 2 rings (SSSR count). The van der Waals surface area contributed by atoms with Gasteiger partial charge < -0.3 is 0 Å². The van der Waals surface area contributed by atoms with E-state index in [1.807, 2.05) is 18.2 Å². The fraction of sp³-hybridized carbons (Fsp3) is 0.333. The van der Waals surface area contributed by atoms with Crippen LogP contribution in [-0.2, 0) is 6.42 Å². The third kappa shape index (κ3) is 6.83. The van der Waals surface area contributed by atoms with Crippen molar-refractivity contribution in [1.29, 1.82) is 0 Å². The molecule has 0 saturated heterocycles. The number of aliphatic hydroxyl groups is 1. The van der Waals surface area contributed by atoms with E-state index in [9.17, 15) is 5.11 Å². The van der Waals surface area contributed by atoms with E-state index in [1.54, 1.807) is 0 Å². The van der Waals surface area contributed by atoms with Gasteiger partial charge in [-0.25, -0.2) is 0 Å². The summed E-state index contributed by atoms with van der Waals surface area (Å²) in [5.74, 6) is 0. The molecule has 0 aliphatic heterocycles. The Labute approximate surface area is 156 Å². The molecule has 1 atom stereocenters. The van der Waals surface area contributed by atoms with Crippen LogP contribution in [0.5, 0.6) is 0 Å². The van der Waals surface area contributed by atoms with E-state index in [-0.39, 0.29) is 21.1 Å². The second kappa shape index (κ2) is 10.7. The molecule has 0 fully saturated rings. The van der Waals surface area contributed by atoms with E-state index < -0.39 is 0 Å². The summed E-state index contributed by atoms with van der Waals surface area (Å²) in [6.07, 6.45) is 4.63. The van der Waals surface area contributed by atoms with Crippen LogP contribution in [0.25, 0.3) is 0 Å². The molecular formula is C21H25ClOSe. The molecule has 1 unspecified atom stereocenters. The van der Waals surface area contributed by atoms with Gasteiger partial charge in [-0.15, -0.1) is 0 Å². The number of hydrogen-bond donors (Lipinski definition) is 1. The minimum atomic E-state index is -0.342. The molecule has 0 aliphatic rings. The average molecular weight is 408 g/mol. The number of hydrogen-bond acceptors (Lipinski definition) is 1. The van der Waals surface area contributed by atoms with Crippen molar-refractivity contribution in [1.82, 2.24) is 0 Å². The second-order valence-electron chi connectivity index (χ2n) is 5.91. The number of benzene rings is 2. The Kier molecular flexibility index (Phi) is 8.63. The molecule has 1 N–H and O–H groups in total. The van der Waals surface area contributed by atoms with Crippen LogP contribution >= 0.6 is 11.6 Å². The third-order valence-corrected chi connectivity index (χ3v) is 6.23. The van der Waals surface area contributed by atoms with E-state index in [2.05, 4.69) is 48.3 Å². The SMILES string of the molecule is CCCC/C(=C/[Se]c1ccc(Cl)cc1)C(O)CCc1ccccc1. The van der Waals surface area contributed by atoms with E-state index >= 15 is 0 Å². The Bertz CT molecular complexity index is 622. The molecular weight excluding hydrogens is 383 g/mol. The normalized spacial score (nSPS) is 13.0. The summed E-state index contributed by atoms with van der Waals surface area (Å²) in [7, 11) is 0. The molecule has 0 heterocycles. The zero-order valence-electron chi connectivity index (χ0n) is 14.1. The van der Waals surface area contributed by atoms with Gasteiger partial charge in [0.05, 0.1) is 0 Å². The Morgan fingerprint density at radius 1 is 1.12 bits per heavy atom. The monoisotopic (exact) mass is 408 g/mol. The molecule has 24 heavy (non-hydrogen) atoms. The van der Waals surface area contributed by atoms with Crippen LogP contribution in [0, 0.1) is 0 Å².